The molecule has 0 aliphatic carbocycles. The standard InChI is InChI=1S/C10H16N2O/c1-7(2)9-6-11-12-4-5-13-8(3)10(9)12/h6-8H,4-5H2,1-3H3. The van der Waals surface area contributed by atoms with Crippen molar-refractivity contribution >= 4 is 0 Å². The normalized spacial score (nSPS) is 22.0. The molecule has 3 heteroatoms. The van der Waals surface area contributed by atoms with Crippen molar-refractivity contribution in [3.8, 4) is 0 Å². The van der Waals surface area contributed by atoms with E-state index >= 15 is 0 Å². The lowest BCUT2D eigenvalue weighted by Crippen LogP contribution is -2.21. The Morgan fingerprint density at radius 1 is 1.62 bits per heavy atom. The van der Waals surface area contributed by atoms with Crippen LogP contribution in [-0.2, 0) is 11.3 Å². The van der Waals surface area contributed by atoms with E-state index in [-0.39, 0.29) is 6.10 Å². The number of nitrogens with zero attached hydrogens (tertiary/aromatic N) is 2. The molecular weight excluding hydrogens is 164 g/mol. The molecule has 1 aromatic heterocycles. The van der Waals surface area contributed by atoms with Crippen LogP contribution >= 0.6 is 0 Å². The van der Waals surface area contributed by atoms with Gasteiger partial charge in [0.1, 0.15) is 0 Å². The molecule has 1 unspecified atom stereocenters. The molecule has 0 radical (unpaired) electrons. The van der Waals surface area contributed by atoms with E-state index in [0.717, 1.165) is 13.2 Å². The minimum atomic E-state index is 0.202. The lowest BCUT2D eigenvalue weighted by atomic mass is 10.0. The topological polar surface area (TPSA) is 27.1 Å². The number of aromatic nitrogens is 2. The first-order valence-corrected chi connectivity index (χ1v) is 4.87. The molecule has 2 rings (SSSR count). The Balaban J connectivity index is 2.44. The minimum absolute atomic E-state index is 0.202. The molecule has 13 heavy (non-hydrogen) atoms. The van der Waals surface area contributed by atoms with Gasteiger partial charge in [-0.2, -0.15) is 5.10 Å². The molecule has 0 N–H and O–H groups in total. The van der Waals surface area contributed by atoms with Gasteiger partial charge in [-0.3, -0.25) is 4.68 Å². The van der Waals surface area contributed by atoms with Crippen LogP contribution in [0.25, 0.3) is 0 Å². The van der Waals surface area contributed by atoms with Crippen molar-refractivity contribution in [3.05, 3.63) is 17.5 Å². The highest BCUT2D eigenvalue weighted by molar-refractivity contribution is 5.24. The van der Waals surface area contributed by atoms with Crippen LogP contribution in [0.15, 0.2) is 6.20 Å². The quantitative estimate of drug-likeness (QED) is 0.661. The van der Waals surface area contributed by atoms with Gasteiger partial charge in [0, 0.05) is 0 Å². The SMILES string of the molecule is CC(C)c1cnn2c1C(C)OCC2. The van der Waals surface area contributed by atoms with E-state index in [1.54, 1.807) is 0 Å². The summed E-state index contributed by atoms with van der Waals surface area (Å²) in [6.07, 6.45) is 2.18. The molecule has 2 heterocycles. The Morgan fingerprint density at radius 3 is 3.08 bits per heavy atom. The first-order chi connectivity index (χ1) is 6.20. The van der Waals surface area contributed by atoms with Gasteiger partial charge in [-0.1, -0.05) is 13.8 Å². The van der Waals surface area contributed by atoms with Crippen molar-refractivity contribution in [2.24, 2.45) is 0 Å². The maximum Gasteiger partial charge on any atom is 0.0967 e. The maximum absolute atomic E-state index is 5.59. The summed E-state index contributed by atoms with van der Waals surface area (Å²) in [6.45, 7) is 8.16. The van der Waals surface area contributed by atoms with Crippen molar-refractivity contribution in [1.82, 2.24) is 9.78 Å². The van der Waals surface area contributed by atoms with Gasteiger partial charge in [0.15, 0.2) is 0 Å². The van der Waals surface area contributed by atoms with Crippen LogP contribution in [0.1, 0.15) is 44.1 Å². The van der Waals surface area contributed by atoms with Gasteiger partial charge in [0.05, 0.1) is 31.1 Å². The fourth-order valence-corrected chi connectivity index (χ4v) is 1.87. The van der Waals surface area contributed by atoms with Gasteiger partial charge in [-0.15, -0.1) is 0 Å². The van der Waals surface area contributed by atoms with Gasteiger partial charge >= 0.3 is 0 Å². The average molecular weight is 180 g/mol. The van der Waals surface area contributed by atoms with Crippen LogP contribution in [-0.4, -0.2) is 16.4 Å². The first-order valence-electron chi connectivity index (χ1n) is 4.87. The zero-order valence-corrected chi connectivity index (χ0v) is 8.45. The van der Waals surface area contributed by atoms with Crippen LogP contribution in [0.5, 0.6) is 0 Å². The molecule has 0 aromatic carbocycles. The fourth-order valence-electron chi connectivity index (χ4n) is 1.87. The number of rotatable bonds is 1. The van der Waals surface area contributed by atoms with Crippen molar-refractivity contribution in [2.45, 2.75) is 39.3 Å². The molecule has 0 bridgehead atoms. The van der Waals surface area contributed by atoms with E-state index < -0.39 is 0 Å². The second kappa shape index (κ2) is 3.14. The summed E-state index contributed by atoms with van der Waals surface area (Å²) in [4.78, 5) is 0. The van der Waals surface area contributed by atoms with E-state index in [0.29, 0.717) is 5.92 Å². The second-order valence-electron chi connectivity index (χ2n) is 3.88. The molecule has 0 saturated carbocycles. The predicted octanol–water partition coefficient (Wildman–Crippen LogP) is 2.10. The number of hydrogen-bond donors (Lipinski definition) is 0. The van der Waals surface area contributed by atoms with Gasteiger partial charge in [-0.25, -0.2) is 0 Å². The number of fused-ring (bicyclic) bond motifs is 1. The smallest absolute Gasteiger partial charge is 0.0967 e. The third-order valence-corrected chi connectivity index (χ3v) is 2.59. The highest BCUT2D eigenvalue weighted by Gasteiger charge is 2.22. The molecule has 0 saturated heterocycles. The maximum atomic E-state index is 5.59. The lowest BCUT2D eigenvalue weighted by Gasteiger charge is -2.23. The van der Waals surface area contributed by atoms with Crippen molar-refractivity contribution < 1.29 is 4.74 Å². The molecule has 1 atom stereocenters. The van der Waals surface area contributed by atoms with Crippen LogP contribution in [0.2, 0.25) is 0 Å². The van der Waals surface area contributed by atoms with Crippen LogP contribution in [0.3, 0.4) is 0 Å². The summed E-state index contributed by atoms with van der Waals surface area (Å²) < 4.78 is 7.67. The summed E-state index contributed by atoms with van der Waals surface area (Å²) in [7, 11) is 0. The van der Waals surface area contributed by atoms with Crippen LogP contribution < -0.4 is 0 Å². The molecule has 72 valence electrons. The Kier molecular flexibility index (Phi) is 2.12. The Hall–Kier alpha value is -0.830. The van der Waals surface area contributed by atoms with Crippen LogP contribution in [0, 0.1) is 0 Å². The predicted molar refractivity (Wildman–Crippen MR) is 50.7 cm³/mol. The van der Waals surface area contributed by atoms with Gasteiger partial charge in [0.2, 0.25) is 0 Å². The Bertz CT molecular complexity index is 304. The summed E-state index contributed by atoms with van der Waals surface area (Å²) in [6, 6.07) is 0. The molecule has 3 nitrogen and oxygen atoms in total. The molecule has 0 amide bonds. The molecule has 0 fully saturated rings. The largest absolute Gasteiger partial charge is 0.370 e. The van der Waals surface area contributed by atoms with Gasteiger partial charge in [-0.05, 0) is 18.4 Å². The summed E-state index contributed by atoms with van der Waals surface area (Å²) >= 11 is 0. The number of hydrogen-bond acceptors (Lipinski definition) is 2. The van der Waals surface area contributed by atoms with Gasteiger partial charge in [0.25, 0.3) is 0 Å². The Labute approximate surface area is 78.7 Å². The zero-order chi connectivity index (χ0) is 9.42. The lowest BCUT2D eigenvalue weighted by molar-refractivity contribution is 0.0280. The summed E-state index contributed by atoms with van der Waals surface area (Å²) in [5, 5.41) is 4.37. The van der Waals surface area contributed by atoms with E-state index in [1.165, 1.54) is 11.3 Å². The first kappa shape index (κ1) is 8.75. The summed E-state index contributed by atoms with van der Waals surface area (Å²) in [5.41, 5.74) is 2.59. The van der Waals surface area contributed by atoms with E-state index in [4.69, 9.17) is 4.74 Å². The molecule has 1 aromatic rings. The molecule has 1 aliphatic heterocycles. The van der Waals surface area contributed by atoms with E-state index in [9.17, 15) is 0 Å². The molecular formula is C10H16N2O. The van der Waals surface area contributed by atoms with Crippen LogP contribution in [0.4, 0.5) is 0 Å². The minimum Gasteiger partial charge on any atom is -0.370 e. The van der Waals surface area contributed by atoms with E-state index in [1.807, 2.05) is 6.20 Å². The summed E-state index contributed by atoms with van der Waals surface area (Å²) in [5.74, 6) is 0.535. The number of ether oxygens (including phenoxy) is 1. The van der Waals surface area contributed by atoms with Crippen molar-refractivity contribution in [3.63, 3.8) is 0 Å². The Morgan fingerprint density at radius 2 is 2.38 bits per heavy atom. The highest BCUT2D eigenvalue weighted by atomic mass is 16.5. The van der Waals surface area contributed by atoms with Gasteiger partial charge < -0.3 is 4.74 Å². The van der Waals surface area contributed by atoms with Crippen molar-refractivity contribution in [2.75, 3.05) is 6.61 Å². The molecule has 0 spiro atoms. The third kappa shape index (κ3) is 1.37. The van der Waals surface area contributed by atoms with E-state index in [2.05, 4.69) is 30.6 Å². The highest BCUT2D eigenvalue weighted by Crippen LogP contribution is 2.29. The molecule has 1 aliphatic rings. The fraction of sp³-hybridized carbons (Fsp3) is 0.700. The zero-order valence-electron chi connectivity index (χ0n) is 8.45. The second-order valence-corrected chi connectivity index (χ2v) is 3.88. The third-order valence-electron chi connectivity index (χ3n) is 2.59. The average Bonchev–Trinajstić information content (AvgIpc) is 2.49. The monoisotopic (exact) mass is 180 g/mol. The van der Waals surface area contributed by atoms with Crippen molar-refractivity contribution in [1.29, 1.82) is 0 Å².